The first kappa shape index (κ1) is 26.1. The molecule has 1 aliphatic rings. The Hall–Kier alpha value is -3.02. The van der Waals surface area contributed by atoms with Gasteiger partial charge in [-0.2, -0.15) is 0 Å². The second-order valence-electron chi connectivity index (χ2n) is 9.37. The van der Waals surface area contributed by atoms with Crippen molar-refractivity contribution >= 4 is 29.1 Å². The van der Waals surface area contributed by atoms with Crippen LogP contribution < -0.4 is 9.47 Å². The maximum absolute atomic E-state index is 14.2. The molecule has 7 heteroatoms. The smallest absolute Gasteiger partial charge is 0.229 e. The van der Waals surface area contributed by atoms with Gasteiger partial charge in [0.25, 0.3) is 0 Å². The second kappa shape index (κ2) is 10.9. The molecular weight excluding hydrogens is 495 g/mol. The molecule has 4 rings (SSSR count). The lowest BCUT2D eigenvalue weighted by molar-refractivity contribution is -0.151. The molecule has 0 spiro atoms. The van der Waals surface area contributed by atoms with Crippen LogP contribution in [0.3, 0.4) is 0 Å². The number of piperidine rings is 1. The van der Waals surface area contributed by atoms with Crippen LogP contribution in [0.4, 0.5) is 0 Å². The topological polar surface area (TPSA) is 51.7 Å². The van der Waals surface area contributed by atoms with E-state index in [1.165, 1.54) is 0 Å². The molecule has 0 bridgehead atoms. The summed E-state index contributed by atoms with van der Waals surface area (Å²) in [6.07, 6.45) is 4.69. The average Bonchev–Trinajstić information content (AvgIpc) is 2.87. The number of aromatic nitrogens is 1. The number of ether oxygens (including phenoxy) is 2. The fourth-order valence-corrected chi connectivity index (χ4v) is 5.46. The highest BCUT2D eigenvalue weighted by Gasteiger charge is 2.49. The van der Waals surface area contributed by atoms with Crippen LogP contribution in [0, 0.1) is 5.41 Å². The number of benzene rings is 2. The summed E-state index contributed by atoms with van der Waals surface area (Å²) >= 11 is 12.6. The fourth-order valence-electron chi connectivity index (χ4n) is 5.16. The van der Waals surface area contributed by atoms with Crippen LogP contribution in [0.5, 0.6) is 11.5 Å². The number of carbonyl (C=O) groups is 1. The highest BCUT2D eigenvalue weighted by atomic mass is 35.5. The number of allylic oxidation sites excluding steroid dienone is 1. The zero-order valence-corrected chi connectivity index (χ0v) is 22.2. The van der Waals surface area contributed by atoms with E-state index in [0.29, 0.717) is 40.9 Å². The Morgan fingerprint density at radius 1 is 1.08 bits per heavy atom. The second-order valence-corrected chi connectivity index (χ2v) is 10.2. The molecule has 1 fully saturated rings. The summed E-state index contributed by atoms with van der Waals surface area (Å²) < 4.78 is 11.0. The number of amides is 1. The highest BCUT2D eigenvalue weighted by molar-refractivity contribution is 6.30. The number of halogens is 2. The third-order valence-corrected chi connectivity index (χ3v) is 7.42. The normalized spacial score (nSPS) is 21.8. The minimum atomic E-state index is -0.654. The van der Waals surface area contributed by atoms with Gasteiger partial charge >= 0.3 is 0 Å². The van der Waals surface area contributed by atoms with Gasteiger partial charge in [-0.15, -0.1) is 6.58 Å². The van der Waals surface area contributed by atoms with E-state index in [1.54, 1.807) is 26.5 Å². The van der Waals surface area contributed by atoms with Gasteiger partial charge in [-0.05, 0) is 54.8 Å². The lowest BCUT2D eigenvalue weighted by Crippen LogP contribution is -2.51. The Morgan fingerprint density at radius 3 is 2.47 bits per heavy atom. The van der Waals surface area contributed by atoms with E-state index >= 15 is 0 Å². The van der Waals surface area contributed by atoms with Gasteiger partial charge in [-0.3, -0.25) is 9.78 Å². The molecule has 2 aromatic carbocycles. The quantitative estimate of drug-likeness (QED) is 0.291. The number of rotatable bonds is 8. The van der Waals surface area contributed by atoms with E-state index in [-0.39, 0.29) is 17.9 Å². The van der Waals surface area contributed by atoms with E-state index in [9.17, 15) is 4.79 Å². The standard InChI is InChI=1S/C29H30Cl2N2O3/c1-5-13-29(2)17-24(25-15-22(31)12-14-32-25)27(19-6-9-21(30)10-7-19)33(28(29)34)18-20-8-11-23(35-3)16-26(20)36-4/h5-12,14-16,24,27H,1,13,17-18H2,2-4H3. The van der Waals surface area contributed by atoms with Crippen molar-refractivity contribution in [2.75, 3.05) is 14.2 Å². The van der Waals surface area contributed by atoms with E-state index < -0.39 is 5.41 Å². The summed E-state index contributed by atoms with van der Waals surface area (Å²) in [5.74, 6) is 1.30. The predicted octanol–water partition coefficient (Wildman–Crippen LogP) is 7.25. The first-order valence-electron chi connectivity index (χ1n) is 11.8. The predicted molar refractivity (Wildman–Crippen MR) is 144 cm³/mol. The van der Waals surface area contributed by atoms with E-state index in [1.807, 2.05) is 66.4 Å². The van der Waals surface area contributed by atoms with Crippen LogP contribution in [0.15, 0.2) is 73.4 Å². The zero-order chi connectivity index (χ0) is 25.9. The number of nitrogens with zero attached hydrogens (tertiary/aromatic N) is 2. The van der Waals surface area contributed by atoms with Crippen molar-refractivity contribution in [3.05, 3.63) is 100 Å². The molecule has 5 nitrogen and oxygen atoms in total. The minimum absolute atomic E-state index is 0.0542. The highest BCUT2D eigenvalue weighted by Crippen LogP contribution is 2.51. The number of hydrogen-bond donors (Lipinski definition) is 0. The number of carbonyl (C=O) groups excluding carboxylic acids is 1. The van der Waals surface area contributed by atoms with Crippen molar-refractivity contribution in [1.82, 2.24) is 9.88 Å². The van der Waals surface area contributed by atoms with Crippen molar-refractivity contribution in [2.45, 2.75) is 38.3 Å². The molecule has 3 atom stereocenters. The van der Waals surface area contributed by atoms with Gasteiger partial charge in [-0.25, -0.2) is 0 Å². The van der Waals surface area contributed by atoms with Crippen LogP contribution in [0.25, 0.3) is 0 Å². The number of pyridine rings is 1. The summed E-state index contributed by atoms with van der Waals surface area (Å²) in [5.41, 5.74) is 2.05. The molecule has 36 heavy (non-hydrogen) atoms. The van der Waals surface area contributed by atoms with Crippen LogP contribution in [0.1, 0.15) is 48.5 Å². The molecule has 0 saturated carbocycles. The van der Waals surface area contributed by atoms with Gasteiger partial charge in [-0.1, -0.05) is 48.3 Å². The van der Waals surface area contributed by atoms with Gasteiger partial charge in [0, 0.05) is 46.0 Å². The number of hydrogen-bond acceptors (Lipinski definition) is 4. The van der Waals surface area contributed by atoms with Crippen molar-refractivity contribution in [1.29, 1.82) is 0 Å². The summed E-state index contributed by atoms with van der Waals surface area (Å²) in [4.78, 5) is 20.8. The summed E-state index contributed by atoms with van der Waals surface area (Å²) in [7, 11) is 3.23. The molecule has 2 heterocycles. The zero-order valence-electron chi connectivity index (χ0n) is 20.7. The molecule has 0 N–H and O–H groups in total. The molecule has 1 amide bonds. The summed E-state index contributed by atoms with van der Waals surface area (Å²) in [6.45, 7) is 6.29. The van der Waals surface area contributed by atoms with E-state index in [0.717, 1.165) is 16.8 Å². The van der Waals surface area contributed by atoms with Gasteiger partial charge in [0.05, 0.1) is 25.7 Å². The van der Waals surface area contributed by atoms with E-state index in [4.69, 9.17) is 32.7 Å². The first-order chi connectivity index (χ1) is 17.3. The number of methoxy groups -OCH3 is 2. The Balaban J connectivity index is 1.88. The maximum atomic E-state index is 14.2. The van der Waals surface area contributed by atoms with Crippen molar-refractivity contribution in [3.8, 4) is 11.5 Å². The minimum Gasteiger partial charge on any atom is -0.497 e. The molecule has 0 aliphatic carbocycles. The third-order valence-electron chi connectivity index (χ3n) is 6.93. The first-order valence-corrected chi connectivity index (χ1v) is 12.5. The Labute approximate surface area is 222 Å². The van der Waals surface area contributed by atoms with E-state index in [2.05, 4.69) is 11.6 Å². The van der Waals surface area contributed by atoms with Crippen LogP contribution in [0.2, 0.25) is 10.0 Å². The molecule has 1 saturated heterocycles. The van der Waals surface area contributed by atoms with Gasteiger partial charge < -0.3 is 14.4 Å². The SMILES string of the molecule is C=CCC1(C)CC(c2cc(Cl)ccn2)C(c2ccc(Cl)cc2)N(Cc2ccc(OC)cc2OC)C1=O. The van der Waals surface area contributed by atoms with Crippen molar-refractivity contribution in [2.24, 2.45) is 5.41 Å². The lowest BCUT2D eigenvalue weighted by Gasteiger charge is -2.49. The van der Waals surface area contributed by atoms with Gasteiger partial charge in [0.2, 0.25) is 5.91 Å². The van der Waals surface area contributed by atoms with Crippen LogP contribution >= 0.6 is 23.2 Å². The fraction of sp³-hybridized carbons (Fsp3) is 0.310. The summed E-state index contributed by atoms with van der Waals surface area (Å²) in [5, 5.41) is 1.25. The monoisotopic (exact) mass is 524 g/mol. The molecule has 3 unspecified atom stereocenters. The third kappa shape index (κ3) is 5.23. The van der Waals surface area contributed by atoms with Crippen molar-refractivity contribution < 1.29 is 14.3 Å². The summed E-state index contributed by atoms with van der Waals surface area (Å²) in [6, 6.07) is 16.7. The van der Waals surface area contributed by atoms with Gasteiger partial charge in [0.1, 0.15) is 11.5 Å². The molecule has 188 valence electrons. The number of likely N-dealkylation sites (tertiary alicyclic amines) is 1. The van der Waals surface area contributed by atoms with Crippen LogP contribution in [-0.4, -0.2) is 30.0 Å². The Morgan fingerprint density at radius 2 is 1.83 bits per heavy atom. The lowest BCUT2D eigenvalue weighted by atomic mass is 9.68. The average molecular weight is 525 g/mol. The van der Waals surface area contributed by atoms with Crippen molar-refractivity contribution in [3.63, 3.8) is 0 Å². The van der Waals surface area contributed by atoms with Crippen LogP contribution in [-0.2, 0) is 11.3 Å². The molecule has 1 aliphatic heterocycles. The van der Waals surface area contributed by atoms with Gasteiger partial charge in [0.15, 0.2) is 0 Å². The maximum Gasteiger partial charge on any atom is 0.229 e. The Bertz CT molecular complexity index is 1250. The molecule has 0 radical (unpaired) electrons. The Kier molecular flexibility index (Phi) is 7.91. The molecule has 1 aromatic heterocycles. The molecular formula is C29H30Cl2N2O3. The largest absolute Gasteiger partial charge is 0.497 e. The molecule has 3 aromatic rings.